The Kier molecular flexibility index (Phi) is 6.28. The summed E-state index contributed by atoms with van der Waals surface area (Å²) in [5.74, 6) is -0.562. The summed E-state index contributed by atoms with van der Waals surface area (Å²) in [6.07, 6.45) is 0.159. The fraction of sp³-hybridized carbons (Fsp3) is 0.211. The van der Waals surface area contributed by atoms with E-state index in [0.29, 0.717) is 16.9 Å². The lowest BCUT2D eigenvalue weighted by Crippen LogP contribution is -2.35. The van der Waals surface area contributed by atoms with Crippen LogP contribution in [-0.4, -0.2) is 23.8 Å². The van der Waals surface area contributed by atoms with Crippen molar-refractivity contribution in [3.05, 3.63) is 60.2 Å². The molecule has 6 heteroatoms. The van der Waals surface area contributed by atoms with Crippen LogP contribution in [0.4, 0.5) is 11.4 Å². The highest BCUT2D eigenvalue weighted by Crippen LogP contribution is 2.14. The van der Waals surface area contributed by atoms with Crippen molar-refractivity contribution in [2.75, 3.05) is 10.6 Å². The van der Waals surface area contributed by atoms with Crippen LogP contribution in [0.5, 0.6) is 0 Å². The first-order valence-corrected chi connectivity index (χ1v) is 7.97. The monoisotopic (exact) mass is 339 g/mol. The molecule has 3 amide bonds. The minimum absolute atomic E-state index is 0.153. The van der Waals surface area contributed by atoms with Crippen LogP contribution < -0.4 is 16.0 Å². The molecule has 6 nitrogen and oxygen atoms in total. The van der Waals surface area contributed by atoms with E-state index in [-0.39, 0.29) is 30.2 Å². The van der Waals surface area contributed by atoms with Crippen LogP contribution in [0.25, 0.3) is 0 Å². The lowest BCUT2D eigenvalue weighted by molar-refractivity contribution is -0.116. The number of anilines is 2. The number of amides is 3. The predicted octanol–water partition coefficient (Wildman–Crippen LogP) is 2.79. The lowest BCUT2D eigenvalue weighted by atomic mass is 10.1. The summed E-state index contributed by atoms with van der Waals surface area (Å²) in [6, 6.07) is 15.4. The van der Waals surface area contributed by atoms with Crippen LogP contribution in [0.1, 0.15) is 30.6 Å². The summed E-state index contributed by atoms with van der Waals surface area (Å²) in [6.45, 7) is 3.21. The highest BCUT2D eigenvalue weighted by atomic mass is 16.2. The molecule has 0 aliphatic carbocycles. The van der Waals surface area contributed by atoms with E-state index in [9.17, 15) is 14.4 Å². The van der Waals surface area contributed by atoms with Gasteiger partial charge >= 0.3 is 0 Å². The molecule has 0 bridgehead atoms. The molecule has 2 aromatic carbocycles. The molecule has 1 atom stereocenters. The van der Waals surface area contributed by atoms with E-state index in [1.54, 1.807) is 55.5 Å². The van der Waals surface area contributed by atoms with Gasteiger partial charge in [-0.05, 0) is 43.3 Å². The maximum atomic E-state index is 12.1. The highest BCUT2D eigenvalue weighted by molar-refractivity contribution is 5.95. The van der Waals surface area contributed by atoms with Gasteiger partial charge in [-0.15, -0.1) is 0 Å². The van der Waals surface area contributed by atoms with Crippen molar-refractivity contribution in [2.45, 2.75) is 26.3 Å². The fourth-order valence-electron chi connectivity index (χ4n) is 2.28. The summed E-state index contributed by atoms with van der Waals surface area (Å²) in [5, 5.41) is 8.22. The van der Waals surface area contributed by atoms with Crippen molar-refractivity contribution < 1.29 is 14.4 Å². The van der Waals surface area contributed by atoms with Gasteiger partial charge in [0, 0.05) is 36.3 Å². The van der Waals surface area contributed by atoms with E-state index >= 15 is 0 Å². The molecule has 0 radical (unpaired) electrons. The third-order valence-electron chi connectivity index (χ3n) is 3.39. The largest absolute Gasteiger partial charge is 0.349 e. The zero-order chi connectivity index (χ0) is 18.2. The van der Waals surface area contributed by atoms with Gasteiger partial charge in [-0.2, -0.15) is 0 Å². The fourth-order valence-corrected chi connectivity index (χ4v) is 2.28. The molecule has 130 valence electrons. The molecule has 25 heavy (non-hydrogen) atoms. The topological polar surface area (TPSA) is 87.3 Å². The number of nitrogens with one attached hydrogen (secondary N) is 3. The third-order valence-corrected chi connectivity index (χ3v) is 3.39. The minimum atomic E-state index is -0.300. The summed E-state index contributed by atoms with van der Waals surface area (Å²) in [7, 11) is 0. The van der Waals surface area contributed by atoms with Crippen LogP contribution in [0.15, 0.2) is 54.6 Å². The molecule has 0 aliphatic heterocycles. The molecule has 0 aromatic heterocycles. The van der Waals surface area contributed by atoms with Gasteiger partial charge in [-0.1, -0.05) is 18.2 Å². The number of rotatable bonds is 6. The standard InChI is InChI=1S/C19H21N3O3/c1-13(20-19(25)15-6-4-3-5-7-15)12-18(24)22-17-10-8-16(9-11-17)21-14(2)23/h3-11,13H,12H2,1-2H3,(H,20,25)(H,21,23)(H,22,24). The van der Waals surface area contributed by atoms with Crippen molar-refractivity contribution in [3.8, 4) is 0 Å². The highest BCUT2D eigenvalue weighted by Gasteiger charge is 2.13. The number of benzene rings is 2. The Bertz CT molecular complexity index is 742. The number of carbonyl (C=O) groups is 3. The Morgan fingerprint density at radius 3 is 2.00 bits per heavy atom. The summed E-state index contributed by atoms with van der Waals surface area (Å²) >= 11 is 0. The van der Waals surface area contributed by atoms with Crippen LogP contribution in [0.2, 0.25) is 0 Å². The summed E-state index contributed by atoms with van der Waals surface area (Å²) in [5.41, 5.74) is 1.85. The SMILES string of the molecule is CC(=O)Nc1ccc(NC(=O)CC(C)NC(=O)c2ccccc2)cc1. The van der Waals surface area contributed by atoms with Gasteiger partial charge in [0.15, 0.2) is 0 Å². The van der Waals surface area contributed by atoms with Gasteiger partial charge in [0.25, 0.3) is 5.91 Å². The third kappa shape index (κ3) is 6.10. The van der Waals surface area contributed by atoms with Crippen LogP contribution in [0, 0.1) is 0 Å². The molecule has 0 saturated carbocycles. The molecule has 0 aliphatic rings. The van der Waals surface area contributed by atoms with Gasteiger partial charge in [-0.3, -0.25) is 14.4 Å². The first-order valence-electron chi connectivity index (χ1n) is 7.97. The van der Waals surface area contributed by atoms with E-state index in [2.05, 4.69) is 16.0 Å². The van der Waals surface area contributed by atoms with Crippen LogP contribution >= 0.6 is 0 Å². The molecule has 0 saturated heterocycles. The van der Waals surface area contributed by atoms with E-state index in [1.807, 2.05) is 6.07 Å². The smallest absolute Gasteiger partial charge is 0.251 e. The maximum Gasteiger partial charge on any atom is 0.251 e. The van der Waals surface area contributed by atoms with E-state index < -0.39 is 0 Å². The van der Waals surface area contributed by atoms with Gasteiger partial charge < -0.3 is 16.0 Å². The zero-order valence-electron chi connectivity index (χ0n) is 14.2. The minimum Gasteiger partial charge on any atom is -0.349 e. The Hall–Kier alpha value is -3.15. The predicted molar refractivity (Wildman–Crippen MR) is 97.4 cm³/mol. The maximum absolute atomic E-state index is 12.1. The molecule has 0 fully saturated rings. The first-order chi connectivity index (χ1) is 11.9. The van der Waals surface area contributed by atoms with Crippen molar-refractivity contribution in [3.63, 3.8) is 0 Å². The Morgan fingerprint density at radius 2 is 1.44 bits per heavy atom. The lowest BCUT2D eigenvalue weighted by Gasteiger charge is -2.14. The molecule has 0 heterocycles. The normalized spacial score (nSPS) is 11.3. The zero-order valence-corrected chi connectivity index (χ0v) is 14.2. The molecule has 3 N–H and O–H groups in total. The van der Waals surface area contributed by atoms with Gasteiger partial charge in [0.05, 0.1) is 0 Å². The van der Waals surface area contributed by atoms with Gasteiger partial charge in [-0.25, -0.2) is 0 Å². The number of carbonyl (C=O) groups excluding carboxylic acids is 3. The Balaban J connectivity index is 1.83. The van der Waals surface area contributed by atoms with Gasteiger partial charge in [0.2, 0.25) is 11.8 Å². The van der Waals surface area contributed by atoms with Crippen molar-refractivity contribution >= 4 is 29.1 Å². The second kappa shape index (κ2) is 8.63. The molecular formula is C19H21N3O3. The second-order valence-electron chi connectivity index (χ2n) is 5.75. The second-order valence-corrected chi connectivity index (χ2v) is 5.75. The molecule has 0 spiro atoms. The van der Waals surface area contributed by atoms with Gasteiger partial charge in [0.1, 0.15) is 0 Å². The van der Waals surface area contributed by atoms with Crippen molar-refractivity contribution in [2.24, 2.45) is 0 Å². The van der Waals surface area contributed by atoms with Crippen LogP contribution in [0.3, 0.4) is 0 Å². The number of hydrogen-bond acceptors (Lipinski definition) is 3. The van der Waals surface area contributed by atoms with E-state index in [4.69, 9.17) is 0 Å². The molecule has 2 rings (SSSR count). The summed E-state index contributed by atoms with van der Waals surface area (Å²) in [4.78, 5) is 35.1. The quantitative estimate of drug-likeness (QED) is 0.756. The average Bonchev–Trinajstić information content (AvgIpc) is 2.56. The van der Waals surface area contributed by atoms with E-state index in [1.165, 1.54) is 6.92 Å². The first kappa shape index (κ1) is 18.2. The molecule has 1 unspecified atom stereocenters. The average molecular weight is 339 g/mol. The van der Waals surface area contributed by atoms with Crippen molar-refractivity contribution in [1.29, 1.82) is 0 Å². The molecule has 2 aromatic rings. The summed E-state index contributed by atoms with van der Waals surface area (Å²) < 4.78 is 0. The molecular weight excluding hydrogens is 318 g/mol. The van der Waals surface area contributed by atoms with E-state index in [0.717, 1.165) is 0 Å². The number of hydrogen-bond donors (Lipinski definition) is 3. The Morgan fingerprint density at radius 1 is 0.880 bits per heavy atom. The van der Waals surface area contributed by atoms with Crippen LogP contribution in [-0.2, 0) is 9.59 Å². The van der Waals surface area contributed by atoms with Crippen molar-refractivity contribution in [1.82, 2.24) is 5.32 Å². The Labute approximate surface area is 146 Å².